The molecule has 0 spiro atoms. The van der Waals surface area contributed by atoms with E-state index in [-0.39, 0.29) is 12.1 Å². The van der Waals surface area contributed by atoms with Crippen LogP contribution in [0.25, 0.3) is 0 Å². The molecule has 23 heavy (non-hydrogen) atoms. The number of hydrogen-bond acceptors (Lipinski definition) is 3. The number of amides is 2. The molecule has 2 N–H and O–H groups in total. The molecule has 122 valence electrons. The highest BCUT2D eigenvalue weighted by Crippen LogP contribution is 2.26. The Morgan fingerprint density at radius 3 is 2.30 bits per heavy atom. The number of anilines is 1. The molecular weight excluding hydrogens is 360 g/mol. The van der Waals surface area contributed by atoms with Crippen LogP contribution in [0.3, 0.4) is 0 Å². The third-order valence-electron chi connectivity index (χ3n) is 3.31. The molecule has 6 heteroatoms. The van der Waals surface area contributed by atoms with E-state index in [4.69, 9.17) is 9.47 Å². The van der Waals surface area contributed by atoms with Crippen molar-refractivity contribution in [3.8, 4) is 11.5 Å². The number of carbonyl (C=O) groups is 1. The van der Waals surface area contributed by atoms with Gasteiger partial charge in [-0.05, 0) is 24.6 Å². The standard InChI is InChI=1S/C17H19BrN2O3/c1-11(12-5-4-6-13(18)7-12)19-17(21)20-14-8-15(22-2)10-16(9-14)23-3/h4-11H,1-3H3,(H2,19,20,21)/t11-/m1/s1. The monoisotopic (exact) mass is 378 g/mol. The second-order valence-corrected chi connectivity index (χ2v) is 5.89. The second-order valence-electron chi connectivity index (χ2n) is 4.98. The fraction of sp³-hybridized carbons (Fsp3) is 0.235. The van der Waals surface area contributed by atoms with E-state index >= 15 is 0 Å². The Bertz CT molecular complexity index is 669. The van der Waals surface area contributed by atoms with Crippen LogP contribution < -0.4 is 20.1 Å². The Hall–Kier alpha value is -2.21. The summed E-state index contributed by atoms with van der Waals surface area (Å²) in [5.41, 5.74) is 1.61. The van der Waals surface area contributed by atoms with Crippen LogP contribution in [0, 0.1) is 0 Å². The van der Waals surface area contributed by atoms with Gasteiger partial charge < -0.3 is 20.1 Å². The molecule has 0 aliphatic rings. The van der Waals surface area contributed by atoms with Gasteiger partial charge in [0.15, 0.2) is 0 Å². The summed E-state index contributed by atoms with van der Waals surface area (Å²) in [6.07, 6.45) is 0. The molecule has 0 bridgehead atoms. The van der Waals surface area contributed by atoms with Gasteiger partial charge in [-0.15, -0.1) is 0 Å². The zero-order chi connectivity index (χ0) is 16.8. The molecule has 0 radical (unpaired) electrons. The Labute approximate surface area is 144 Å². The molecule has 0 heterocycles. The summed E-state index contributed by atoms with van der Waals surface area (Å²) >= 11 is 3.43. The van der Waals surface area contributed by atoms with Crippen LogP contribution in [0.15, 0.2) is 46.9 Å². The number of rotatable bonds is 5. The minimum Gasteiger partial charge on any atom is -0.497 e. The number of ether oxygens (including phenoxy) is 2. The summed E-state index contributed by atoms with van der Waals surface area (Å²) in [6.45, 7) is 1.92. The van der Waals surface area contributed by atoms with Gasteiger partial charge in [-0.25, -0.2) is 4.79 Å². The average molecular weight is 379 g/mol. The fourth-order valence-corrected chi connectivity index (χ4v) is 2.52. The van der Waals surface area contributed by atoms with Crippen LogP contribution in [0.4, 0.5) is 10.5 Å². The molecule has 2 aromatic rings. The van der Waals surface area contributed by atoms with Crippen molar-refractivity contribution in [3.05, 3.63) is 52.5 Å². The molecule has 0 unspecified atom stereocenters. The van der Waals surface area contributed by atoms with Gasteiger partial charge in [-0.1, -0.05) is 28.1 Å². The first-order valence-electron chi connectivity index (χ1n) is 7.08. The molecule has 2 amide bonds. The summed E-state index contributed by atoms with van der Waals surface area (Å²) in [7, 11) is 3.13. The van der Waals surface area contributed by atoms with Crippen LogP contribution in [-0.4, -0.2) is 20.3 Å². The van der Waals surface area contributed by atoms with Crippen molar-refractivity contribution in [3.63, 3.8) is 0 Å². The van der Waals surface area contributed by atoms with Crippen molar-refractivity contribution < 1.29 is 14.3 Å². The maximum atomic E-state index is 12.2. The maximum absolute atomic E-state index is 12.2. The molecule has 0 saturated carbocycles. The van der Waals surface area contributed by atoms with E-state index in [9.17, 15) is 4.79 Å². The first-order valence-corrected chi connectivity index (χ1v) is 7.87. The predicted octanol–water partition coefficient (Wildman–Crippen LogP) is 4.35. The number of carbonyl (C=O) groups excluding carboxylic acids is 1. The van der Waals surface area contributed by atoms with Crippen molar-refractivity contribution in [1.82, 2.24) is 5.32 Å². The largest absolute Gasteiger partial charge is 0.497 e. The Kier molecular flexibility index (Phi) is 5.87. The molecule has 0 saturated heterocycles. The zero-order valence-electron chi connectivity index (χ0n) is 13.2. The molecule has 0 aliphatic carbocycles. The molecular formula is C17H19BrN2O3. The summed E-state index contributed by atoms with van der Waals surface area (Å²) in [5.74, 6) is 1.22. The smallest absolute Gasteiger partial charge is 0.319 e. The van der Waals surface area contributed by atoms with Crippen molar-refractivity contribution in [1.29, 1.82) is 0 Å². The third-order valence-corrected chi connectivity index (χ3v) is 3.80. The van der Waals surface area contributed by atoms with Gasteiger partial charge in [0.25, 0.3) is 0 Å². The van der Waals surface area contributed by atoms with Gasteiger partial charge in [-0.2, -0.15) is 0 Å². The van der Waals surface area contributed by atoms with Crippen LogP contribution in [0.1, 0.15) is 18.5 Å². The summed E-state index contributed by atoms with van der Waals surface area (Å²) in [5, 5.41) is 5.68. The highest BCUT2D eigenvalue weighted by Gasteiger charge is 2.11. The highest BCUT2D eigenvalue weighted by molar-refractivity contribution is 9.10. The summed E-state index contributed by atoms with van der Waals surface area (Å²) in [6, 6.07) is 12.6. The van der Waals surface area contributed by atoms with E-state index in [2.05, 4.69) is 26.6 Å². The van der Waals surface area contributed by atoms with Gasteiger partial charge in [0.05, 0.1) is 20.3 Å². The topological polar surface area (TPSA) is 59.6 Å². The number of benzene rings is 2. The second kappa shape index (κ2) is 7.87. The zero-order valence-corrected chi connectivity index (χ0v) is 14.8. The number of halogens is 1. The summed E-state index contributed by atoms with van der Waals surface area (Å²) < 4.78 is 11.3. The molecule has 1 atom stereocenters. The van der Waals surface area contributed by atoms with E-state index < -0.39 is 0 Å². The minimum atomic E-state index is -0.298. The van der Waals surface area contributed by atoms with E-state index in [0.717, 1.165) is 10.0 Å². The normalized spacial score (nSPS) is 11.5. The van der Waals surface area contributed by atoms with E-state index in [1.165, 1.54) is 0 Å². The lowest BCUT2D eigenvalue weighted by molar-refractivity contribution is 0.249. The van der Waals surface area contributed by atoms with Gasteiger partial charge in [0.2, 0.25) is 0 Å². The highest BCUT2D eigenvalue weighted by atomic mass is 79.9. The maximum Gasteiger partial charge on any atom is 0.319 e. The molecule has 0 fully saturated rings. The number of nitrogens with one attached hydrogen (secondary N) is 2. The van der Waals surface area contributed by atoms with Crippen LogP contribution in [0.2, 0.25) is 0 Å². The average Bonchev–Trinajstić information content (AvgIpc) is 2.54. The Balaban J connectivity index is 2.04. The molecule has 5 nitrogen and oxygen atoms in total. The van der Waals surface area contributed by atoms with E-state index in [0.29, 0.717) is 17.2 Å². The van der Waals surface area contributed by atoms with Crippen LogP contribution in [-0.2, 0) is 0 Å². The molecule has 2 aromatic carbocycles. The Morgan fingerprint density at radius 1 is 1.09 bits per heavy atom. The molecule has 0 aromatic heterocycles. The first-order chi connectivity index (χ1) is 11.0. The van der Waals surface area contributed by atoms with Gasteiger partial charge in [0.1, 0.15) is 11.5 Å². The summed E-state index contributed by atoms with van der Waals surface area (Å²) in [4.78, 5) is 12.2. The van der Waals surface area contributed by atoms with E-state index in [1.54, 1.807) is 32.4 Å². The van der Waals surface area contributed by atoms with Crippen molar-refractivity contribution in [2.75, 3.05) is 19.5 Å². The SMILES string of the molecule is COc1cc(NC(=O)N[C@H](C)c2cccc(Br)c2)cc(OC)c1. The van der Waals surface area contributed by atoms with Crippen LogP contribution >= 0.6 is 15.9 Å². The number of urea groups is 1. The van der Waals surface area contributed by atoms with Crippen LogP contribution in [0.5, 0.6) is 11.5 Å². The lowest BCUT2D eigenvalue weighted by atomic mass is 10.1. The Morgan fingerprint density at radius 2 is 1.74 bits per heavy atom. The van der Waals surface area contributed by atoms with Crippen molar-refractivity contribution in [2.24, 2.45) is 0 Å². The van der Waals surface area contributed by atoms with E-state index in [1.807, 2.05) is 31.2 Å². The fourth-order valence-electron chi connectivity index (χ4n) is 2.10. The number of methoxy groups -OCH3 is 2. The van der Waals surface area contributed by atoms with Crippen molar-refractivity contribution >= 4 is 27.6 Å². The lowest BCUT2D eigenvalue weighted by Crippen LogP contribution is -2.31. The minimum absolute atomic E-state index is 0.125. The molecule has 2 rings (SSSR count). The number of hydrogen-bond donors (Lipinski definition) is 2. The van der Waals surface area contributed by atoms with Crippen molar-refractivity contribution in [2.45, 2.75) is 13.0 Å². The van der Waals surface area contributed by atoms with Gasteiger partial charge in [0, 0.05) is 28.4 Å². The quantitative estimate of drug-likeness (QED) is 0.812. The van der Waals surface area contributed by atoms with Gasteiger partial charge in [-0.3, -0.25) is 0 Å². The van der Waals surface area contributed by atoms with Gasteiger partial charge >= 0.3 is 6.03 Å². The predicted molar refractivity (Wildman–Crippen MR) is 94.3 cm³/mol. The first kappa shape index (κ1) is 17.1. The third kappa shape index (κ3) is 4.89. The molecule has 0 aliphatic heterocycles. The lowest BCUT2D eigenvalue weighted by Gasteiger charge is -2.16.